The van der Waals surface area contributed by atoms with Gasteiger partial charge in [-0.2, -0.15) is 0 Å². The molecule has 2 heterocycles. The number of rotatable bonds is 7. The first-order chi connectivity index (χ1) is 12.1. The Morgan fingerprint density at radius 1 is 1.04 bits per heavy atom. The van der Waals surface area contributed by atoms with Gasteiger partial charge in [0.15, 0.2) is 0 Å². The average molecular weight is 356 g/mol. The number of piperidine rings is 1. The van der Waals surface area contributed by atoms with E-state index in [0.717, 1.165) is 64.6 Å². The lowest BCUT2D eigenvalue weighted by Crippen LogP contribution is -2.49. The van der Waals surface area contributed by atoms with Crippen LogP contribution in [-0.2, 0) is 9.53 Å². The van der Waals surface area contributed by atoms with Crippen LogP contribution in [-0.4, -0.2) is 85.7 Å². The Labute approximate surface area is 155 Å². The van der Waals surface area contributed by atoms with E-state index >= 15 is 0 Å². The molecule has 2 saturated heterocycles. The number of hydrogen-bond acceptors (Lipinski definition) is 4. The minimum absolute atomic E-state index is 0.171. The summed E-state index contributed by atoms with van der Waals surface area (Å²) in [6.07, 6.45) is 3.55. The molecule has 0 saturated carbocycles. The Morgan fingerprint density at radius 3 is 2.16 bits per heavy atom. The van der Waals surface area contributed by atoms with Crippen LogP contribution in [0.4, 0.5) is 0 Å². The molecular weight excluding hydrogens is 314 g/mol. The van der Waals surface area contributed by atoms with E-state index in [2.05, 4.69) is 30.6 Å². The fourth-order valence-electron chi connectivity index (χ4n) is 3.54. The van der Waals surface area contributed by atoms with Gasteiger partial charge in [-0.25, -0.2) is 0 Å². The van der Waals surface area contributed by atoms with Gasteiger partial charge in [-0.3, -0.25) is 14.6 Å². The Bertz CT molecular complexity index is 347. The van der Waals surface area contributed by atoms with Crippen LogP contribution in [0.2, 0.25) is 0 Å². The second kappa shape index (κ2) is 12.7. The first-order valence-electron chi connectivity index (χ1n) is 10.4. The fraction of sp³-hybridized carbons (Fsp3) is 0.950. The average Bonchev–Trinajstić information content (AvgIpc) is 2.67. The van der Waals surface area contributed by atoms with Crippen molar-refractivity contribution < 1.29 is 9.53 Å². The molecular formula is C20H41N3O2. The standard InChI is InChI=1S/C18H35N3O2.C2H6/c1-4-17-5-7-21(8-6-17)18(22)15-23-14-13-19-9-11-20(12-10-19)16(2)3;1-2/h16-17H,4-15H2,1-3H3;1-2H3. The summed E-state index contributed by atoms with van der Waals surface area (Å²) in [5.41, 5.74) is 0. The van der Waals surface area contributed by atoms with Gasteiger partial charge in [-0.1, -0.05) is 27.2 Å². The molecule has 0 unspecified atom stereocenters. The van der Waals surface area contributed by atoms with E-state index in [1.807, 2.05) is 18.7 Å². The molecule has 2 aliphatic rings. The lowest BCUT2D eigenvalue weighted by Gasteiger charge is -2.36. The first kappa shape index (κ1) is 22.4. The van der Waals surface area contributed by atoms with Crippen molar-refractivity contribution in [3.8, 4) is 0 Å². The van der Waals surface area contributed by atoms with Crippen LogP contribution < -0.4 is 0 Å². The molecule has 0 radical (unpaired) electrons. The minimum atomic E-state index is 0.171. The van der Waals surface area contributed by atoms with Crippen molar-refractivity contribution in [1.82, 2.24) is 14.7 Å². The molecule has 0 aliphatic carbocycles. The van der Waals surface area contributed by atoms with Crippen LogP contribution in [0, 0.1) is 5.92 Å². The second-order valence-corrected chi connectivity index (χ2v) is 7.26. The molecule has 2 aliphatic heterocycles. The van der Waals surface area contributed by atoms with Crippen molar-refractivity contribution in [2.75, 3.05) is 59.0 Å². The van der Waals surface area contributed by atoms with E-state index in [9.17, 15) is 4.79 Å². The highest BCUT2D eigenvalue weighted by Gasteiger charge is 2.22. The van der Waals surface area contributed by atoms with Gasteiger partial charge in [-0.15, -0.1) is 0 Å². The third kappa shape index (κ3) is 8.06. The summed E-state index contributed by atoms with van der Waals surface area (Å²) in [5, 5.41) is 0. The fourth-order valence-corrected chi connectivity index (χ4v) is 3.54. The van der Waals surface area contributed by atoms with Crippen molar-refractivity contribution in [3.05, 3.63) is 0 Å². The molecule has 5 nitrogen and oxygen atoms in total. The second-order valence-electron chi connectivity index (χ2n) is 7.26. The Kier molecular flexibility index (Phi) is 11.3. The Morgan fingerprint density at radius 2 is 1.64 bits per heavy atom. The molecule has 2 rings (SSSR count). The number of carbonyl (C=O) groups excluding carboxylic acids is 1. The van der Waals surface area contributed by atoms with E-state index in [1.165, 1.54) is 6.42 Å². The van der Waals surface area contributed by atoms with Crippen LogP contribution >= 0.6 is 0 Å². The Hall–Kier alpha value is -0.650. The van der Waals surface area contributed by atoms with Gasteiger partial charge in [0.05, 0.1) is 6.61 Å². The molecule has 0 N–H and O–H groups in total. The highest BCUT2D eigenvalue weighted by Crippen LogP contribution is 2.19. The molecule has 0 aromatic heterocycles. The van der Waals surface area contributed by atoms with Crippen molar-refractivity contribution in [1.29, 1.82) is 0 Å². The predicted octanol–water partition coefficient (Wildman–Crippen LogP) is 2.70. The lowest BCUT2D eigenvalue weighted by atomic mass is 9.94. The molecule has 1 amide bonds. The maximum absolute atomic E-state index is 12.1. The summed E-state index contributed by atoms with van der Waals surface area (Å²) >= 11 is 0. The summed E-state index contributed by atoms with van der Waals surface area (Å²) in [5.74, 6) is 0.980. The molecule has 148 valence electrons. The molecule has 0 aromatic rings. The number of ether oxygens (including phenoxy) is 1. The minimum Gasteiger partial charge on any atom is -0.370 e. The number of hydrogen-bond donors (Lipinski definition) is 0. The normalized spacial score (nSPS) is 20.5. The number of carbonyl (C=O) groups is 1. The molecule has 5 heteroatoms. The van der Waals surface area contributed by atoms with Crippen LogP contribution in [0.5, 0.6) is 0 Å². The molecule has 0 bridgehead atoms. The smallest absolute Gasteiger partial charge is 0.248 e. The maximum atomic E-state index is 12.1. The third-order valence-corrected chi connectivity index (χ3v) is 5.46. The third-order valence-electron chi connectivity index (χ3n) is 5.46. The van der Waals surface area contributed by atoms with Crippen molar-refractivity contribution in [3.63, 3.8) is 0 Å². The first-order valence-corrected chi connectivity index (χ1v) is 10.4. The van der Waals surface area contributed by atoms with Gasteiger partial charge in [-0.05, 0) is 32.6 Å². The van der Waals surface area contributed by atoms with Crippen LogP contribution in [0.1, 0.15) is 53.9 Å². The summed E-state index contributed by atoms with van der Waals surface area (Å²) < 4.78 is 5.63. The quantitative estimate of drug-likeness (QED) is 0.658. The lowest BCUT2D eigenvalue weighted by molar-refractivity contribution is -0.137. The summed E-state index contributed by atoms with van der Waals surface area (Å²) in [4.78, 5) is 19.1. The van der Waals surface area contributed by atoms with E-state index in [4.69, 9.17) is 4.74 Å². The largest absolute Gasteiger partial charge is 0.370 e. The molecule has 0 aromatic carbocycles. The van der Waals surface area contributed by atoms with Crippen LogP contribution in [0.25, 0.3) is 0 Å². The van der Waals surface area contributed by atoms with Gasteiger partial charge >= 0.3 is 0 Å². The van der Waals surface area contributed by atoms with E-state index in [-0.39, 0.29) is 12.5 Å². The van der Waals surface area contributed by atoms with Gasteiger partial charge in [0.25, 0.3) is 0 Å². The summed E-state index contributed by atoms with van der Waals surface area (Å²) in [6, 6.07) is 0.642. The zero-order valence-electron chi connectivity index (χ0n) is 17.3. The topological polar surface area (TPSA) is 36.0 Å². The van der Waals surface area contributed by atoms with Crippen LogP contribution in [0.15, 0.2) is 0 Å². The van der Waals surface area contributed by atoms with E-state index in [0.29, 0.717) is 12.6 Å². The van der Waals surface area contributed by atoms with Crippen molar-refractivity contribution in [2.24, 2.45) is 5.92 Å². The van der Waals surface area contributed by atoms with Gasteiger partial charge in [0, 0.05) is 51.9 Å². The highest BCUT2D eigenvalue weighted by atomic mass is 16.5. The van der Waals surface area contributed by atoms with Crippen molar-refractivity contribution >= 4 is 5.91 Å². The SMILES string of the molecule is CC.CCC1CCN(C(=O)COCCN2CCN(C(C)C)CC2)CC1. The zero-order valence-corrected chi connectivity index (χ0v) is 17.3. The zero-order chi connectivity index (χ0) is 18.7. The molecule has 25 heavy (non-hydrogen) atoms. The van der Waals surface area contributed by atoms with Gasteiger partial charge in [0.2, 0.25) is 5.91 Å². The molecule has 2 fully saturated rings. The highest BCUT2D eigenvalue weighted by molar-refractivity contribution is 5.77. The maximum Gasteiger partial charge on any atom is 0.248 e. The molecule has 0 atom stereocenters. The summed E-state index contributed by atoms with van der Waals surface area (Å²) in [7, 11) is 0. The number of nitrogens with zero attached hydrogens (tertiary/aromatic N) is 3. The van der Waals surface area contributed by atoms with Gasteiger partial charge < -0.3 is 9.64 Å². The molecule has 0 spiro atoms. The summed E-state index contributed by atoms with van der Waals surface area (Å²) in [6.45, 7) is 19.0. The van der Waals surface area contributed by atoms with Crippen molar-refractivity contribution in [2.45, 2.75) is 59.9 Å². The Balaban J connectivity index is 0.00000151. The van der Waals surface area contributed by atoms with Gasteiger partial charge in [0.1, 0.15) is 6.61 Å². The van der Waals surface area contributed by atoms with E-state index < -0.39 is 0 Å². The predicted molar refractivity (Wildman–Crippen MR) is 105 cm³/mol. The number of piperazine rings is 1. The van der Waals surface area contributed by atoms with E-state index in [1.54, 1.807) is 0 Å². The monoisotopic (exact) mass is 355 g/mol. The van der Waals surface area contributed by atoms with Crippen LogP contribution in [0.3, 0.4) is 0 Å². The number of amides is 1. The number of likely N-dealkylation sites (tertiary alicyclic amines) is 1.